The van der Waals surface area contributed by atoms with Crippen molar-refractivity contribution in [3.63, 3.8) is 0 Å². The zero-order valence-electron chi connectivity index (χ0n) is 22.0. The molecule has 0 spiro atoms. The molecule has 2 bridgehead atoms. The molecule has 1 saturated carbocycles. The first kappa shape index (κ1) is 26.7. The average molecular weight is 605 g/mol. The standard InChI is InChI=1S/C27H27F3N6O3S2/c1-35-6-7-41(38,39)22-10-21(40-24(22)25(35)37)23-19(27(28,29)30)11-31-26(34-23)33-20-5-4-17(9-18(20)14-2-3-14)36-12-15-8-16(13-36)32-15/h4-5,9-11,14-16,32H,2-3,6-8,12-13H2,1H3,(H,31,33,34). The van der Waals surface area contributed by atoms with Crippen molar-refractivity contribution >= 4 is 44.4 Å². The Labute approximate surface area is 238 Å². The molecule has 6 heterocycles. The van der Waals surface area contributed by atoms with Crippen LogP contribution in [0, 0.1) is 0 Å². The molecule has 5 aliphatic rings. The minimum absolute atomic E-state index is 0.00516. The number of halogens is 3. The number of piperazine rings is 1. The van der Waals surface area contributed by atoms with Crippen LogP contribution in [0.2, 0.25) is 0 Å². The Bertz CT molecular complexity index is 1650. The molecule has 2 aromatic heterocycles. The average Bonchev–Trinajstić information content (AvgIpc) is 3.68. The van der Waals surface area contributed by atoms with Gasteiger partial charge in [0.05, 0.1) is 21.2 Å². The fourth-order valence-corrected chi connectivity index (χ4v) is 8.82. The van der Waals surface area contributed by atoms with Crippen LogP contribution < -0.4 is 15.5 Å². The molecule has 216 valence electrons. The van der Waals surface area contributed by atoms with Gasteiger partial charge in [0.25, 0.3) is 5.91 Å². The number of anilines is 3. The van der Waals surface area contributed by atoms with Crippen LogP contribution in [0.1, 0.15) is 46.0 Å². The molecule has 3 saturated heterocycles. The SMILES string of the molecule is CN1CCS(=O)(=O)c2cc(-c3nc(Nc4ccc(N5CC6CC(C5)N6)cc4C4CC4)ncc3C(F)(F)F)sc2C1=O. The quantitative estimate of drug-likeness (QED) is 0.445. The van der Waals surface area contributed by atoms with E-state index in [2.05, 4.69) is 31.6 Å². The number of amides is 1. The van der Waals surface area contributed by atoms with Crippen LogP contribution in [0.3, 0.4) is 0 Å². The van der Waals surface area contributed by atoms with Crippen LogP contribution >= 0.6 is 11.3 Å². The third-order valence-electron chi connectivity index (χ3n) is 8.18. The number of hydrogen-bond donors (Lipinski definition) is 2. The number of thiophene rings is 1. The molecular formula is C27H27F3N6O3S2. The maximum atomic E-state index is 14.1. The Morgan fingerprint density at radius 1 is 1.15 bits per heavy atom. The van der Waals surface area contributed by atoms with Crippen LogP contribution in [-0.2, 0) is 16.0 Å². The summed E-state index contributed by atoms with van der Waals surface area (Å²) in [5.41, 5.74) is 1.35. The predicted molar refractivity (Wildman–Crippen MR) is 149 cm³/mol. The number of aromatic nitrogens is 2. The minimum Gasteiger partial charge on any atom is -0.368 e. The summed E-state index contributed by atoms with van der Waals surface area (Å²) in [6.07, 6.45) is -0.831. The normalized spacial score (nSPS) is 23.6. The molecule has 41 heavy (non-hydrogen) atoms. The summed E-state index contributed by atoms with van der Waals surface area (Å²) in [6.45, 7) is 1.89. The summed E-state index contributed by atoms with van der Waals surface area (Å²) in [6, 6.07) is 8.23. The minimum atomic E-state index is -4.79. The number of sulfone groups is 1. The predicted octanol–water partition coefficient (Wildman–Crippen LogP) is 4.25. The van der Waals surface area contributed by atoms with Gasteiger partial charge in [-0.1, -0.05) is 0 Å². The van der Waals surface area contributed by atoms with Gasteiger partial charge in [-0.15, -0.1) is 11.3 Å². The molecule has 1 amide bonds. The fraction of sp³-hybridized carbons (Fsp3) is 0.444. The van der Waals surface area contributed by atoms with Crippen molar-refractivity contribution in [2.24, 2.45) is 0 Å². The Balaban J connectivity index is 1.26. The van der Waals surface area contributed by atoms with Crippen molar-refractivity contribution in [1.29, 1.82) is 0 Å². The van der Waals surface area contributed by atoms with E-state index in [1.54, 1.807) is 0 Å². The lowest BCUT2D eigenvalue weighted by Crippen LogP contribution is -2.67. The number of benzene rings is 1. The maximum Gasteiger partial charge on any atom is 0.420 e. The summed E-state index contributed by atoms with van der Waals surface area (Å²) in [4.78, 5) is 24.2. The Morgan fingerprint density at radius 3 is 2.56 bits per heavy atom. The van der Waals surface area contributed by atoms with Crippen molar-refractivity contribution in [3.8, 4) is 10.6 Å². The van der Waals surface area contributed by atoms with Gasteiger partial charge >= 0.3 is 6.18 Å². The molecule has 1 aliphatic carbocycles. The van der Waals surface area contributed by atoms with E-state index in [1.165, 1.54) is 18.4 Å². The van der Waals surface area contributed by atoms with Gasteiger partial charge in [-0.25, -0.2) is 18.4 Å². The largest absolute Gasteiger partial charge is 0.420 e. The molecule has 2 atom stereocenters. The van der Waals surface area contributed by atoms with Crippen molar-refractivity contribution in [1.82, 2.24) is 20.2 Å². The number of rotatable bonds is 5. The highest BCUT2D eigenvalue weighted by Gasteiger charge is 2.39. The Morgan fingerprint density at radius 2 is 1.88 bits per heavy atom. The highest BCUT2D eigenvalue weighted by molar-refractivity contribution is 7.91. The summed E-state index contributed by atoms with van der Waals surface area (Å²) < 4.78 is 67.9. The second-order valence-corrected chi connectivity index (χ2v) is 14.3. The molecule has 0 radical (unpaired) electrons. The third kappa shape index (κ3) is 4.85. The first-order valence-electron chi connectivity index (χ1n) is 13.4. The molecule has 2 N–H and O–H groups in total. The smallest absolute Gasteiger partial charge is 0.368 e. The molecular weight excluding hydrogens is 577 g/mol. The van der Waals surface area contributed by atoms with Crippen molar-refractivity contribution in [3.05, 3.63) is 46.5 Å². The first-order chi connectivity index (χ1) is 19.5. The zero-order chi connectivity index (χ0) is 28.7. The Hall–Kier alpha value is -3.23. The second-order valence-electron chi connectivity index (χ2n) is 11.2. The van der Waals surface area contributed by atoms with Gasteiger partial charge in [-0.3, -0.25) is 4.79 Å². The molecule has 9 nitrogen and oxygen atoms in total. The Kier molecular flexibility index (Phi) is 6.11. The van der Waals surface area contributed by atoms with Gasteiger partial charge in [-0.05, 0) is 55.0 Å². The van der Waals surface area contributed by atoms with Crippen LogP contribution in [0.5, 0.6) is 0 Å². The van der Waals surface area contributed by atoms with Gasteiger partial charge in [0.15, 0.2) is 9.84 Å². The van der Waals surface area contributed by atoms with E-state index in [-0.39, 0.29) is 32.9 Å². The van der Waals surface area contributed by atoms with Gasteiger partial charge in [0.1, 0.15) is 10.4 Å². The maximum absolute atomic E-state index is 14.1. The molecule has 4 aliphatic heterocycles. The van der Waals surface area contributed by atoms with E-state index >= 15 is 0 Å². The number of alkyl halides is 3. The number of carbonyl (C=O) groups excluding carboxylic acids is 1. The van der Waals surface area contributed by atoms with E-state index in [9.17, 15) is 26.4 Å². The van der Waals surface area contributed by atoms with Crippen LogP contribution in [0.15, 0.2) is 35.4 Å². The monoisotopic (exact) mass is 604 g/mol. The fourth-order valence-electron chi connectivity index (χ4n) is 5.79. The second kappa shape index (κ2) is 9.39. The summed E-state index contributed by atoms with van der Waals surface area (Å²) >= 11 is 0.702. The van der Waals surface area contributed by atoms with Gasteiger partial charge in [0, 0.05) is 56.3 Å². The highest BCUT2D eigenvalue weighted by atomic mass is 32.2. The number of piperidine rings is 1. The lowest BCUT2D eigenvalue weighted by Gasteiger charge is -2.49. The van der Waals surface area contributed by atoms with Crippen LogP contribution in [0.4, 0.5) is 30.5 Å². The lowest BCUT2D eigenvalue weighted by atomic mass is 9.90. The van der Waals surface area contributed by atoms with E-state index in [0.29, 0.717) is 35.5 Å². The van der Waals surface area contributed by atoms with E-state index in [4.69, 9.17) is 0 Å². The van der Waals surface area contributed by atoms with Crippen molar-refractivity contribution in [2.45, 2.75) is 48.3 Å². The molecule has 4 fully saturated rings. The number of nitrogens with one attached hydrogen (secondary N) is 2. The van der Waals surface area contributed by atoms with Gasteiger partial charge in [0.2, 0.25) is 5.95 Å². The summed E-state index contributed by atoms with van der Waals surface area (Å²) in [5, 5.41) is 6.66. The first-order valence-corrected chi connectivity index (χ1v) is 15.9. The zero-order valence-corrected chi connectivity index (χ0v) is 23.7. The molecule has 8 rings (SSSR count). The molecule has 3 aromatic rings. The van der Waals surface area contributed by atoms with Gasteiger partial charge in [-0.2, -0.15) is 13.2 Å². The van der Waals surface area contributed by atoms with Crippen LogP contribution in [0.25, 0.3) is 10.6 Å². The van der Waals surface area contributed by atoms with Crippen molar-refractivity contribution < 1.29 is 26.4 Å². The van der Waals surface area contributed by atoms with Crippen molar-refractivity contribution in [2.75, 3.05) is 42.7 Å². The topological polar surface area (TPSA) is 108 Å². The number of hydrogen-bond acceptors (Lipinski definition) is 9. The number of nitrogens with zero attached hydrogens (tertiary/aromatic N) is 4. The number of carbonyl (C=O) groups is 1. The lowest BCUT2D eigenvalue weighted by molar-refractivity contribution is -0.137. The summed E-state index contributed by atoms with van der Waals surface area (Å²) in [7, 11) is -2.40. The van der Waals surface area contributed by atoms with E-state index in [0.717, 1.165) is 48.9 Å². The van der Waals surface area contributed by atoms with E-state index < -0.39 is 33.2 Å². The molecule has 2 unspecified atom stereocenters. The van der Waals surface area contributed by atoms with Gasteiger partial charge < -0.3 is 20.4 Å². The third-order valence-corrected chi connectivity index (χ3v) is 11.2. The van der Waals surface area contributed by atoms with E-state index in [1.807, 2.05) is 12.1 Å². The molecule has 1 aromatic carbocycles. The van der Waals surface area contributed by atoms with Crippen LogP contribution in [-0.4, -0.2) is 73.7 Å². The highest BCUT2D eigenvalue weighted by Crippen LogP contribution is 2.46. The summed E-state index contributed by atoms with van der Waals surface area (Å²) in [5.74, 6) is -0.545. The molecule has 14 heteroatoms. The number of fused-ring (bicyclic) bond motifs is 3.